The molecule has 2 N–H and O–H groups in total. The Hall–Kier alpha value is -2.67. The number of hydrogen-bond acceptors (Lipinski definition) is 5. The average molecular weight is 353 g/mol. The molecule has 0 aliphatic carbocycles. The fourth-order valence-corrected chi connectivity index (χ4v) is 3.36. The molecule has 2 aromatic heterocycles. The van der Waals surface area contributed by atoms with Gasteiger partial charge in [-0.05, 0) is 18.1 Å². The molecule has 7 heteroatoms. The van der Waals surface area contributed by atoms with Crippen LogP contribution in [0.5, 0.6) is 0 Å². The van der Waals surface area contributed by atoms with Gasteiger partial charge in [-0.1, -0.05) is 32.0 Å². The highest BCUT2D eigenvalue weighted by molar-refractivity contribution is 5.96. The van der Waals surface area contributed by atoms with Crippen molar-refractivity contribution < 1.29 is 9.21 Å². The molecule has 0 unspecified atom stereocenters. The standard InChI is InChI=1S/C19H23N5O2/c1-12(2)17(18-23-22-16-7-8-20-9-10-24(16)18)21-19(25)15-11-13-5-3-4-6-14(13)26-15/h3-6,11-12,17,20H,7-10H2,1-2H3,(H,21,25)/t17-/m0/s1. The minimum atomic E-state index is -0.232. The Kier molecular flexibility index (Phi) is 4.46. The second-order valence-corrected chi connectivity index (χ2v) is 6.97. The number of fused-ring (bicyclic) bond motifs is 2. The summed E-state index contributed by atoms with van der Waals surface area (Å²) in [4.78, 5) is 12.8. The number of furan rings is 1. The number of carbonyl (C=O) groups excluding carboxylic acids is 1. The van der Waals surface area contributed by atoms with E-state index in [2.05, 4.69) is 39.2 Å². The molecule has 0 spiro atoms. The Bertz CT molecular complexity index is 894. The van der Waals surface area contributed by atoms with Gasteiger partial charge in [-0.15, -0.1) is 10.2 Å². The lowest BCUT2D eigenvalue weighted by atomic mass is 10.0. The topological polar surface area (TPSA) is 85.0 Å². The molecule has 1 aliphatic rings. The van der Waals surface area contributed by atoms with Crippen LogP contribution in [0.2, 0.25) is 0 Å². The number of hydrogen-bond donors (Lipinski definition) is 2. The summed E-state index contributed by atoms with van der Waals surface area (Å²) >= 11 is 0. The first kappa shape index (κ1) is 16.8. The zero-order valence-corrected chi connectivity index (χ0v) is 15.0. The van der Waals surface area contributed by atoms with Crippen LogP contribution in [0.3, 0.4) is 0 Å². The molecular formula is C19H23N5O2. The summed E-state index contributed by atoms with van der Waals surface area (Å²) in [7, 11) is 0. The average Bonchev–Trinajstić information content (AvgIpc) is 3.16. The molecule has 26 heavy (non-hydrogen) atoms. The van der Waals surface area contributed by atoms with Crippen LogP contribution in [-0.2, 0) is 13.0 Å². The van der Waals surface area contributed by atoms with Crippen LogP contribution < -0.4 is 10.6 Å². The first-order valence-electron chi connectivity index (χ1n) is 9.05. The number of nitrogens with zero attached hydrogens (tertiary/aromatic N) is 3. The van der Waals surface area contributed by atoms with Gasteiger partial charge in [0.05, 0.1) is 6.04 Å². The number of carbonyl (C=O) groups is 1. The lowest BCUT2D eigenvalue weighted by Gasteiger charge is -2.22. The number of para-hydroxylation sites is 1. The van der Waals surface area contributed by atoms with Crippen molar-refractivity contribution >= 4 is 16.9 Å². The van der Waals surface area contributed by atoms with Gasteiger partial charge < -0.3 is 19.6 Å². The van der Waals surface area contributed by atoms with E-state index in [-0.39, 0.29) is 17.9 Å². The fourth-order valence-electron chi connectivity index (χ4n) is 3.36. The molecule has 1 atom stereocenters. The highest BCUT2D eigenvalue weighted by Crippen LogP contribution is 2.24. The molecule has 1 amide bonds. The second kappa shape index (κ2) is 6.92. The third-order valence-electron chi connectivity index (χ3n) is 4.77. The quantitative estimate of drug-likeness (QED) is 0.752. The molecule has 3 aromatic rings. The van der Waals surface area contributed by atoms with E-state index >= 15 is 0 Å². The normalized spacial score (nSPS) is 15.7. The Labute approximate surface area is 151 Å². The summed E-state index contributed by atoms with van der Waals surface area (Å²) in [5.41, 5.74) is 0.709. The van der Waals surface area contributed by atoms with E-state index in [9.17, 15) is 4.79 Å². The summed E-state index contributed by atoms with van der Waals surface area (Å²) in [5.74, 6) is 2.03. The molecule has 0 saturated carbocycles. The number of rotatable bonds is 4. The molecule has 0 bridgehead atoms. The van der Waals surface area contributed by atoms with Crippen molar-refractivity contribution in [2.45, 2.75) is 32.9 Å². The van der Waals surface area contributed by atoms with E-state index in [0.29, 0.717) is 11.3 Å². The number of amides is 1. The molecule has 7 nitrogen and oxygen atoms in total. The third-order valence-corrected chi connectivity index (χ3v) is 4.77. The van der Waals surface area contributed by atoms with Gasteiger partial charge in [0.15, 0.2) is 11.6 Å². The van der Waals surface area contributed by atoms with Crippen molar-refractivity contribution in [3.8, 4) is 0 Å². The van der Waals surface area contributed by atoms with Crippen molar-refractivity contribution in [2.75, 3.05) is 13.1 Å². The summed E-state index contributed by atoms with van der Waals surface area (Å²) in [6.07, 6.45) is 0.843. The van der Waals surface area contributed by atoms with Gasteiger partial charge in [-0.25, -0.2) is 0 Å². The lowest BCUT2D eigenvalue weighted by molar-refractivity contribution is 0.0896. The van der Waals surface area contributed by atoms with Crippen molar-refractivity contribution in [1.82, 2.24) is 25.4 Å². The fraction of sp³-hybridized carbons (Fsp3) is 0.421. The number of benzene rings is 1. The summed E-state index contributed by atoms with van der Waals surface area (Å²) < 4.78 is 7.82. The Morgan fingerprint density at radius 2 is 2.12 bits per heavy atom. The lowest BCUT2D eigenvalue weighted by Crippen LogP contribution is -2.34. The van der Waals surface area contributed by atoms with Crippen LogP contribution in [0.25, 0.3) is 11.0 Å². The van der Waals surface area contributed by atoms with Crippen LogP contribution in [0.4, 0.5) is 0 Å². The van der Waals surface area contributed by atoms with Crippen molar-refractivity contribution in [1.29, 1.82) is 0 Å². The summed E-state index contributed by atoms with van der Waals surface area (Å²) in [6.45, 7) is 6.72. The molecular weight excluding hydrogens is 330 g/mol. The van der Waals surface area contributed by atoms with Crippen LogP contribution in [0, 0.1) is 5.92 Å². The molecule has 1 aromatic carbocycles. The molecule has 1 aliphatic heterocycles. The van der Waals surface area contributed by atoms with Crippen LogP contribution >= 0.6 is 0 Å². The van der Waals surface area contributed by atoms with Crippen molar-refractivity contribution in [3.63, 3.8) is 0 Å². The molecule has 136 valence electrons. The van der Waals surface area contributed by atoms with E-state index in [1.54, 1.807) is 6.07 Å². The first-order chi connectivity index (χ1) is 12.6. The van der Waals surface area contributed by atoms with Crippen LogP contribution in [-0.4, -0.2) is 33.8 Å². The minimum Gasteiger partial charge on any atom is -0.451 e. The summed E-state index contributed by atoms with van der Waals surface area (Å²) in [6, 6.07) is 9.16. The second-order valence-electron chi connectivity index (χ2n) is 6.97. The first-order valence-corrected chi connectivity index (χ1v) is 9.05. The SMILES string of the molecule is CC(C)[C@H](NC(=O)c1cc2ccccc2o1)c1nnc2n1CCNCC2. The van der Waals surface area contributed by atoms with Crippen molar-refractivity contribution in [2.24, 2.45) is 5.92 Å². The predicted octanol–water partition coefficient (Wildman–Crippen LogP) is 2.30. The Morgan fingerprint density at radius 1 is 1.27 bits per heavy atom. The molecule has 3 heterocycles. The zero-order chi connectivity index (χ0) is 18.1. The van der Waals surface area contributed by atoms with Gasteiger partial charge in [0, 0.05) is 31.4 Å². The Morgan fingerprint density at radius 3 is 2.92 bits per heavy atom. The van der Waals surface area contributed by atoms with Gasteiger partial charge in [0.2, 0.25) is 0 Å². The molecule has 0 fully saturated rings. The largest absolute Gasteiger partial charge is 0.451 e. The third kappa shape index (κ3) is 3.10. The van der Waals surface area contributed by atoms with Gasteiger partial charge in [-0.3, -0.25) is 4.79 Å². The molecule has 0 radical (unpaired) electrons. The zero-order valence-electron chi connectivity index (χ0n) is 15.0. The van der Waals surface area contributed by atoms with Crippen molar-refractivity contribution in [3.05, 3.63) is 47.7 Å². The molecule has 0 saturated heterocycles. The van der Waals surface area contributed by atoms with Gasteiger partial charge in [0.1, 0.15) is 11.4 Å². The maximum Gasteiger partial charge on any atom is 0.287 e. The van der Waals surface area contributed by atoms with Crippen LogP contribution in [0.15, 0.2) is 34.7 Å². The van der Waals surface area contributed by atoms with Gasteiger partial charge >= 0.3 is 0 Å². The smallest absolute Gasteiger partial charge is 0.287 e. The molecule has 4 rings (SSSR count). The number of aromatic nitrogens is 3. The van der Waals surface area contributed by atoms with Crippen LogP contribution in [0.1, 0.15) is 42.1 Å². The maximum absolute atomic E-state index is 12.8. The van der Waals surface area contributed by atoms with E-state index in [1.807, 2.05) is 24.3 Å². The highest BCUT2D eigenvalue weighted by atomic mass is 16.3. The van der Waals surface area contributed by atoms with E-state index in [1.165, 1.54) is 0 Å². The van der Waals surface area contributed by atoms with Gasteiger partial charge in [0.25, 0.3) is 5.91 Å². The van der Waals surface area contributed by atoms with E-state index in [4.69, 9.17) is 4.42 Å². The van der Waals surface area contributed by atoms with E-state index in [0.717, 1.165) is 43.1 Å². The van der Waals surface area contributed by atoms with Gasteiger partial charge in [-0.2, -0.15) is 0 Å². The Balaban J connectivity index is 1.61. The monoisotopic (exact) mass is 353 g/mol. The maximum atomic E-state index is 12.8. The minimum absolute atomic E-state index is 0.174. The number of nitrogens with one attached hydrogen (secondary N) is 2. The highest BCUT2D eigenvalue weighted by Gasteiger charge is 2.27. The predicted molar refractivity (Wildman–Crippen MR) is 97.9 cm³/mol. The summed E-state index contributed by atoms with van der Waals surface area (Å²) in [5, 5.41) is 16.1. The van der Waals surface area contributed by atoms with E-state index < -0.39 is 0 Å².